The smallest absolute Gasteiger partial charge is 0.249 e. The maximum atomic E-state index is 12.0. The van der Waals surface area contributed by atoms with Crippen LogP contribution in [0.3, 0.4) is 0 Å². The highest BCUT2D eigenvalue weighted by Crippen LogP contribution is 2.28. The quantitative estimate of drug-likeness (QED) is 0.752. The van der Waals surface area contributed by atoms with Crippen molar-refractivity contribution in [2.24, 2.45) is 5.73 Å². The first-order chi connectivity index (χ1) is 14.2. The summed E-state index contributed by atoms with van der Waals surface area (Å²) in [6, 6.07) is 19.0. The number of carbonyl (C=O) groups excluding carboxylic acids is 1. The van der Waals surface area contributed by atoms with Crippen molar-refractivity contribution in [2.75, 3.05) is 31.1 Å². The fraction of sp³-hybridized carbons (Fsp3) is 0.333. The van der Waals surface area contributed by atoms with Gasteiger partial charge in [0, 0.05) is 37.6 Å². The number of rotatable bonds is 3. The third-order valence-corrected chi connectivity index (χ3v) is 6.37. The van der Waals surface area contributed by atoms with Gasteiger partial charge in [-0.3, -0.25) is 9.69 Å². The lowest BCUT2D eigenvalue weighted by atomic mass is 10.1. The monoisotopic (exact) mass is 386 g/mol. The Kier molecular flexibility index (Phi) is 4.68. The van der Waals surface area contributed by atoms with E-state index in [-0.39, 0.29) is 0 Å². The van der Waals surface area contributed by atoms with Gasteiger partial charge in [0.05, 0.1) is 11.1 Å². The molecule has 3 aromatic rings. The maximum Gasteiger partial charge on any atom is 0.249 e. The van der Waals surface area contributed by atoms with Gasteiger partial charge < -0.3 is 10.6 Å². The molecular formula is C24H26N4O. The molecule has 1 aromatic heterocycles. The van der Waals surface area contributed by atoms with Crippen LogP contribution in [0.15, 0.2) is 54.6 Å². The molecule has 2 N–H and O–H groups in total. The summed E-state index contributed by atoms with van der Waals surface area (Å²) in [7, 11) is 0. The number of fused-ring (bicyclic) bond motifs is 2. The minimum atomic E-state index is -0.398. The van der Waals surface area contributed by atoms with Crippen LogP contribution in [-0.4, -0.2) is 48.0 Å². The Bertz CT molecular complexity index is 1040. The fourth-order valence-electron chi connectivity index (χ4n) is 4.85. The Hall–Kier alpha value is -2.92. The molecule has 5 nitrogen and oxygen atoms in total. The standard InChI is InChI=1S/C24H26N4O/c25-24(29)21-16-23(26-22-9-4-3-8-20(21)22)28-11-5-10-27(12-13-28)19-14-17-6-1-2-7-18(17)15-19/h1-4,6-9,16,19H,5,10-15H2,(H2,25,29). The van der Waals surface area contributed by atoms with E-state index in [1.807, 2.05) is 30.3 Å². The van der Waals surface area contributed by atoms with E-state index in [1.54, 1.807) is 0 Å². The van der Waals surface area contributed by atoms with Crippen LogP contribution in [0, 0.1) is 0 Å². The highest BCUT2D eigenvalue weighted by atomic mass is 16.1. The first-order valence-corrected chi connectivity index (χ1v) is 10.4. The number of hydrogen-bond acceptors (Lipinski definition) is 4. The van der Waals surface area contributed by atoms with E-state index in [1.165, 1.54) is 11.1 Å². The minimum Gasteiger partial charge on any atom is -0.366 e. The number of carbonyl (C=O) groups is 1. The summed E-state index contributed by atoms with van der Waals surface area (Å²) < 4.78 is 0. The van der Waals surface area contributed by atoms with E-state index in [4.69, 9.17) is 10.7 Å². The van der Waals surface area contributed by atoms with E-state index < -0.39 is 5.91 Å². The number of anilines is 1. The molecule has 0 atom stereocenters. The molecule has 2 aliphatic rings. The molecule has 0 unspecified atom stereocenters. The lowest BCUT2D eigenvalue weighted by molar-refractivity contribution is 0.100. The Morgan fingerprint density at radius 1 is 0.931 bits per heavy atom. The van der Waals surface area contributed by atoms with Gasteiger partial charge in [0.25, 0.3) is 0 Å². The molecule has 5 rings (SSSR count). The number of benzene rings is 2. The van der Waals surface area contributed by atoms with Crippen molar-refractivity contribution in [3.8, 4) is 0 Å². The van der Waals surface area contributed by atoms with Crippen molar-refractivity contribution in [1.82, 2.24) is 9.88 Å². The van der Waals surface area contributed by atoms with E-state index in [2.05, 4.69) is 34.1 Å². The van der Waals surface area contributed by atoms with Crippen LogP contribution in [0.4, 0.5) is 5.82 Å². The molecule has 1 aliphatic heterocycles. The lowest BCUT2D eigenvalue weighted by Crippen LogP contribution is -2.39. The zero-order chi connectivity index (χ0) is 19.8. The molecule has 2 heterocycles. The molecule has 2 aromatic carbocycles. The van der Waals surface area contributed by atoms with E-state index in [0.29, 0.717) is 11.6 Å². The number of para-hydroxylation sites is 1. The third-order valence-electron chi connectivity index (χ3n) is 6.37. The van der Waals surface area contributed by atoms with Crippen LogP contribution in [0.2, 0.25) is 0 Å². The highest BCUT2D eigenvalue weighted by molar-refractivity contribution is 6.06. The lowest BCUT2D eigenvalue weighted by Gasteiger charge is -2.27. The molecule has 1 fully saturated rings. The minimum absolute atomic E-state index is 0.398. The summed E-state index contributed by atoms with van der Waals surface area (Å²) in [4.78, 5) is 21.8. The molecule has 29 heavy (non-hydrogen) atoms. The van der Waals surface area contributed by atoms with E-state index in [0.717, 1.165) is 62.2 Å². The second kappa shape index (κ2) is 7.48. The average molecular weight is 386 g/mol. The van der Waals surface area contributed by atoms with Crippen LogP contribution in [0.1, 0.15) is 27.9 Å². The summed E-state index contributed by atoms with van der Waals surface area (Å²) in [6.07, 6.45) is 3.39. The van der Waals surface area contributed by atoms with Crippen molar-refractivity contribution >= 4 is 22.6 Å². The second-order valence-corrected chi connectivity index (χ2v) is 8.12. The van der Waals surface area contributed by atoms with Gasteiger partial charge in [-0.25, -0.2) is 4.98 Å². The normalized spacial score (nSPS) is 18.0. The van der Waals surface area contributed by atoms with Crippen LogP contribution >= 0.6 is 0 Å². The summed E-state index contributed by atoms with van der Waals surface area (Å²) in [5, 5.41) is 0.823. The van der Waals surface area contributed by atoms with Gasteiger partial charge in [-0.15, -0.1) is 0 Å². The molecular weight excluding hydrogens is 360 g/mol. The number of hydrogen-bond donors (Lipinski definition) is 1. The van der Waals surface area contributed by atoms with Gasteiger partial charge in [0.15, 0.2) is 0 Å². The van der Waals surface area contributed by atoms with Crippen LogP contribution < -0.4 is 10.6 Å². The molecule has 0 radical (unpaired) electrons. The SMILES string of the molecule is NC(=O)c1cc(N2CCCN(C3Cc4ccccc4C3)CC2)nc2ccccc12. The van der Waals surface area contributed by atoms with Gasteiger partial charge in [-0.1, -0.05) is 42.5 Å². The molecule has 0 bridgehead atoms. The highest BCUT2D eigenvalue weighted by Gasteiger charge is 2.28. The number of amides is 1. The number of aromatic nitrogens is 1. The molecule has 0 saturated carbocycles. The summed E-state index contributed by atoms with van der Waals surface area (Å²) in [5.41, 5.74) is 10.0. The summed E-state index contributed by atoms with van der Waals surface area (Å²) in [6.45, 7) is 3.97. The van der Waals surface area contributed by atoms with Gasteiger partial charge in [-0.05, 0) is 42.5 Å². The first-order valence-electron chi connectivity index (χ1n) is 10.4. The largest absolute Gasteiger partial charge is 0.366 e. The molecule has 1 saturated heterocycles. The van der Waals surface area contributed by atoms with Gasteiger partial charge in [0.2, 0.25) is 5.91 Å². The molecule has 5 heteroatoms. The second-order valence-electron chi connectivity index (χ2n) is 8.12. The third kappa shape index (κ3) is 3.47. The Morgan fingerprint density at radius 2 is 1.66 bits per heavy atom. The van der Waals surface area contributed by atoms with Crippen LogP contribution in [0.5, 0.6) is 0 Å². The predicted molar refractivity (Wildman–Crippen MR) is 116 cm³/mol. The Balaban J connectivity index is 1.36. The number of pyridine rings is 1. The Labute approximate surface area is 171 Å². The fourth-order valence-corrected chi connectivity index (χ4v) is 4.85. The zero-order valence-corrected chi connectivity index (χ0v) is 16.6. The van der Waals surface area contributed by atoms with Crippen molar-refractivity contribution in [3.05, 3.63) is 71.3 Å². The summed E-state index contributed by atoms with van der Waals surface area (Å²) >= 11 is 0. The van der Waals surface area contributed by atoms with E-state index >= 15 is 0 Å². The molecule has 0 spiro atoms. The van der Waals surface area contributed by atoms with Crippen molar-refractivity contribution in [2.45, 2.75) is 25.3 Å². The van der Waals surface area contributed by atoms with Gasteiger partial charge in [-0.2, -0.15) is 0 Å². The van der Waals surface area contributed by atoms with Gasteiger partial charge in [0.1, 0.15) is 5.82 Å². The van der Waals surface area contributed by atoms with Gasteiger partial charge >= 0.3 is 0 Å². The van der Waals surface area contributed by atoms with Crippen molar-refractivity contribution in [3.63, 3.8) is 0 Å². The Morgan fingerprint density at radius 3 is 2.41 bits per heavy atom. The zero-order valence-electron chi connectivity index (χ0n) is 16.6. The topological polar surface area (TPSA) is 62.5 Å². The van der Waals surface area contributed by atoms with E-state index in [9.17, 15) is 4.79 Å². The number of nitrogens with two attached hydrogens (primary N) is 1. The van der Waals surface area contributed by atoms with Crippen LogP contribution in [-0.2, 0) is 12.8 Å². The van der Waals surface area contributed by atoms with Crippen LogP contribution in [0.25, 0.3) is 10.9 Å². The molecule has 1 aliphatic carbocycles. The molecule has 1 amide bonds. The first kappa shape index (κ1) is 18.1. The van der Waals surface area contributed by atoms with Crippen molar-refractivity contribution < 1.29 is 4.79 Å². The van der Waals surface area contributed by atoms with Crippen molar-refractivity contribution in [1.29, 1.82) is 0 Å². The predicted octanol–water partition coefficient (Wildman–Crippen LogP) is 3.01. The average Bonchev–Trinajstić information content (AvgIpc) is 3.02. The molecule has 148 valence electrons. The number of primary amides is 1. The maximum absolute atomic E-state index is 12.0. The number of nitrogens with zero attached hydrogens (tertiary/aromatic N) is 3. The summed E-state index contributed by atoms with van der Waals surface area (Å²) in [5.74, 6) is 0.457.